The van der Waals surface area contributed by atoms with E-state index in [0.717, 1.165) is 19.3 Å². The molecule has 13 heavy (non-hydrogen) atoms. The molecule has 1 saturated heterocycles. The van der Waals surface area contributed by atoms with E-state index in [1.807, 2.05) is 0 Å². The summed E-state index contributed by atoms with van der Waals surface area (Å²) in [5, 5.41) is 11.9. The summed E-state index contributed by atoms with van der Waals surface area (Å²) < 4.78 is 0. The number of aliphatic carboxylic acids is 1. The number of nitrogens with one attached hydrogen (secondary N) is 1. The van der Waals surface area contributed by atoms with Gasteiger partial charge >= 0.3 is 5.97 Å². The van der Waals surface area contributed by atoms with Crippen LogP contribution < -0.4 is 5.32 Å². The Hall–Kier alpha value is -0.570. The quantitative estimate of drug-likeness (QED) is 0.700. The van der Waals surface area contributed by atoms with Crippen molar-refractivity contribution in [2.75, 3.05) is 0 Å². The summed E-state index contributed by atoms with van der Waals surface area (Å²) in [6.45, 7) is 4.40. The topological polar surface area (TPSA) is 49.3 Å². The van der Waals surface area contributed by atoms with Crippen LogP contribution in [0.4, 0.5) is 0 Å². The van der Waals surface area contributed by atoms with Gasteiger partial charge < -0.3 is 10.4 Å². The van der Waals surface area contributed by atoms with E-state index >= 15 is 0 Å². The molecule has 0 aromatic carbocycles. The van der Waals surface area contributed by atoms with Crippen LogP contribution in [0.3, 0.4) is 0 Å². The van der Waals surface area contributed by atoms with Crippen LogP contribution in [0.25, 0.3) is 0 Å². The van der Waals surface area contributed by atoms with Gasteiger partial charge in [-0.15, -0.1) is 0 Å². The van der Waals surface area contributed by atoms with Gasteiger partial charge in [0.05, 0.1) is 0 Å². The number of rotatable bonds is 4. The maximum absolute atomic E-state index is 10.6. The van der Waals surface area contributed by atoms with E-state index in [-0.39, 0.29) is 6.04 Å². The molecule has 3 heteroatoms. The van der Waals surface area contributed by atoms with Crippen molar-refractivity contribution in [3.8, 4) is 0 Å². The van der Waals surface area contributed by atoms with Crippen molar-refractivity contribution in [1.82, 2.24) is 5.32 Å². The summed E-state index contributed by atoms with van der Waals surface area (Å²) in [4.78, 5) is 10.6. The predicted molar refractivity (Wildman–Crippen MR) is 51.7 cm³/mol. The standard InChI is InChI=1S/C10H19NO2/c1-7(2)3-4-8-5-6-9(11-8)10(12)13/h7-9,11H,3-6H2,1-2H3,(H,12,13)/t8-,9-/m0/s1. The lowest BCUT2D eigenvalue weighted by molar-refractivity contribution is -0.139. The van der Waals surface area contributed by atoms with Crippen LogP contribution in [0.5, 0.6) is 0 Å². The summed E-state index contributed by atoms with van der Waals surface area (Å²) in [5.41, 5.74) is 0. The lowest BCUT2D eigenvalue weighted by atomic mass is 10.0. The van der Waals surface area contributed by atoms with Gasteiger partial charge in [-0.3, -0.25) is 4.79 Å². The van der Waals surface area contributed by atoms with Crippen LogP contribution in [0.15, 0.2) is 0 Å². The third kappa shape index (κ3) is 3.35. The van der Waals surface area contributed by atoms with Crippen molar-refractivity contribution in [1.29, 1.82) is 0 Å². The summed E-state index contributed by atoms with van der Waals surface area (Å²) in [7, 11) is 0. The summed E-state index contributed by atoms with van der Waals surface area (Å²) >= 11 is 0. The van der Waals surface area contributed by atoms with Crippen molar-refractivity contribution in [3.05, 3.63) is 0 Å². The predicted octanol–water partition coefficient (Wildman–Crippen LogP) is 1.63. The summed E-state index contributed by atoms with van der Waals surface area (Å²) in [6.07, 6.45) is 4.10. The molecule has 0 spiro atoms. The third-order valence-electron chi connectivity index (χ3n) is 2.63. The van der Waals surface area contributed by atoms with Crippen LogP contribution in [-0.4, -0.2) is 23.2 Å². The Bertz CT molecular complexity index is 180. The van der Waals surface area contributed by atoms with Crippen LogP contribution in [0, 0.1) is 5.92 Å². The van der Waals surface area contributed by atoms with Crippen LogP contribution >= 0.6 is 0 Å². The molecular formula is C10H19NO2. The van der Waals surface area contributed by atoms with Crippen molar-refractivity contribution in [2.24, 2.45) is 5.92 Å². The zero-order valence-corrected chi connectivity index (χ0v) is 8.42. The highest BCUT2D eigenvalue weighted by Crippen LogP contribution is 2.18. The highest BCUT2D eigenvalue weighted by molar-refractivity contribution is 5.73. The Morgan fingerprint density at radius 3 is 2.69 bits per heavy atom. The molecule has 0 bridgehead atoms. The monoisotopic (exact) mass is 185 g/mol. The van der Waals surface area contributed by atoms with E-state index in [2.05, 4.69) is 19.2 Å². The maximum atomic E-state index is 10.6. The van der Waals surface area contributed by atoms with E-state index < -0.39 is 5.97 Å². The molecule has 1 heterocycles. The fourth-order valence-corrected chi connectivity index (χ4v) is 1.78. The highest BCUT2D eigenvalue weighted by atomic mass is 16.4. The van der Waals surface area contributed by atoms with Gasteiger partial charge in [-0.1, -0.05) is 13.8 Å². The first-order valence-corrected chi connectivity index (χ1v) is 5.08. The number of carboxylic acid groups (broad SMARTS) is 1. The SMILES string of the molecule is CC(C)CC[C@H]1CC[C@@H](C(=O)O)N1. The Labute approximate surface area is 79.5 Å². The first kappa shape index (κ1) is 10.5. The van der Waals surface area contributed by atoms with Crippen LogP contribution in [-0.2, 0) is 4.79 Å². The van der Waals surface area contributed by atoms with E-state index in [1.54, 1.807) is 0 Å². The Morgan fingerprint density at radius 2 is 2.23 bits per heavy atom. The molecule has 3 nitrogen and oxygen atoms in total. The lowest BCUT2D eigenvalue weighted by Gasteiger charge is -2.12. The number of carboxylic acids is 1. The highest BCUT2D eigenvalue weighted by Gasteiger charge is 2.28. The van der Waals surface area contributed by atoms with Gasteiger partial charge in [-0.05, 0) is 31.6 Å². The minimum atomic E-state index is -0.702. The van der Waals surface area contributed by atoms with Crippen molar-refractivity contribution >= 4 is 5.97 Å². The Balaban J connectivity index is 2.21. The molecule has 2 N–H and O–H groups in total. The Morgan fingerprint density at radius 1 is 1.54 bits per heavy atom. The first-order valence-electron chi connectivity index (χ1n) is 5.08. The second kappa shape index (κ2) is 4.61. The fourth-order valence-electron chi connectivity index (χ4n) is 1.78. The molecule has 0 unspecified atom stereocenters. The molecule has 0 aromatic heterocycles. The van der Waals surface area contributed by atoms with E-state index in [0.29, 0.717) is 12.0 Å². The van der Waals surface area contributed by atoms with E-state index in [9.17, 15) is 4.79 Å². The molecule has 0 aromatic rings. The molecule has 1 aliphatic heterocycles. The molecule has 0 amide bonds. The minimum absolute atomic E-state index is 0.294. The maximum Gasteiger partial charge on any atom is 0.320 e. The molecular weight excluding hydrogens is 166 g/mol. The number of carbonyl (C=O) groups is 1. The number of hydrogen-bond donors (Lipinski definition) is 2. The molecule has 0 saturated carbocycles. The van der Waals surface area contributed by atoms with Crippen LogP contribution in [0.2, 0.25) is 0 Å². The zero-order valence-electron chi connectivity index (χ0n) is 8.42. The summed E-state index contributed by atoms with van der Waals surface area (Å²) in [6, 6.07) is 0.140. The third-order valence-corrected chi connectivity index (χ3v) is 2.63. The molecule has 1 fully saturated rings. The Kier molecular flexibility index (Phi) is 3.72. The van der Waals surface area contributed by atoms with Crippen molar-refractivity contribution in [2.45, 2.75) is 51.6 Å². The minimum Gasteiger partial charge on any atom is -0.480 e. The molecule has 1 aliphatic rings. The van der Waals surface area contributed by atoms with E-state index in [4.69, 9.17) is 5.11 Å². The van der Waals surface area contributed by atoms with Gasteiger partial charge in [0.15, 0.2) is 0 Å². The molecule has 2 atom stereocenters. The molecule has 0 radical (unpaired) electrons. The van der Waals surface area contributed by atoms with Crippen molar-refractivity contribution in [3.63, 3.8) is 0 Å². The van der Waals surface area contributed by atoms with Gasteiger partial charge in [0.25, 0.3) is 0 Å². The fraction of sp³-hybridized carbons (Fsp3) is 0.900. The second-order valence-corrected chi connectivity index (χ2v) is 4.30. The van der Waals surface area contributed by atoms with Gasteiger partial charge in [0.1, 0.15) is 6.04 Å². The second-order valence-electron chi connectivity index (χ2n) is 4.30. The zero-order chi connectivity index (χ0) is 9.84. The average Bonchev–Trinajstić information content (AvgIpc) is 2.48. The summed E-state index contributed by atoms with van der Waals surface area (Å²) in [5.74, 6) is 0.0118. The smallest absolute Gasteiger partial charge is 0.320 e. The molecule has 1 rings (SSSR count). The average molecular weight is 185 g/mol. The van der Waals surface area contributed by atoms with E-state index in [1.165, 1.54) is 6.42 Å². The molecule has 76 valence electrons. The number of hydrogen-bond acceptors (Lipinski definition) is 2. The largest absolute Gasteiger partial charge is 0.480 e. The van der Waals surface area contributed by atoms with Crippen molar-refractivity contribution < 1.29 is 9.90 Å². The van der Waals surface area contributed by atoms with Gasteiger partial charge in [0, 0.05) is 6.04 Å². The lowest BCUT2D eigenvalue weighted by Crippen LogP contribution is -2.35. The van der Waals surface area contributed by atoms with Gasteiger partial charge in [0.2, 0.25) is 0 Å². The molecule has 0 aliphatic carbocycles. The first-order chi connectivity index (χ1) is 6.09. The normalized spacial score (nSPS) is 28.2. The van der Waals surface area contributed by atoms with Gasteiger partial charge in [-0.2, -0.15) is 0 Å². The van der Waals surface area contributed by atoms with Gasteiger partial charge in [-0.25, -0.2) is 0 Å². The van der Waals surface area contributed by atoms with Crippen LogP contribution in [0.1, 0.15) is 39.5 Å².